The van der Waals surface area contributed by atoms with Gasteiger partial charge in [-0.25, -0.2) is 9.29 Å². The number of rotatable bonds is 5. The lowest BCUT2D eigenvalue weighted by Gasteiger charge is -2.16. The highest BCUT2D eigenvalue weighted by atomic mass is 35.5. The van der Waals surface area contributed by atoms with Crippen LogP contribution in [-0.4, -0.2) is 17.7 Å². The summed E-state index contributed by atoms with van der Waals surface area (Å²) in [5, 5.41) is 4.11. The van der Waals surface area contributed by atoms with Gasteiger partial charge in [0.15, 0.2) is 0 Å². The van der Waals surface area contributed by atoms with E-state index in [0.29, 0.717) is 4.90 Å². The summed E-state index contributed by atoms with van der Waals surface area (Å²) in [5.74, 6) is -3.33. The molecule has 4 rings (SSSR count). The Morgan fingerprint density at radius 3 is 2.31 bits per heavy atom. The van der Waals surface area contributed by atoms with Crippen LogP contribution in [0.15, 0.2) is 77.5 Å². The molecular formula is C24H13Cl2F4N3O3. The molecule has 36 heavy (non-hydrogen) atoms. The lowest BCUT2D eigenvalue weighted by Crippen LogP contribution is -2.32. The molecule has 1 heterocycles. The van der Waals surface area contributed by atoms with Gasteiger partial charge in [0.05, 0.1) is 22.0 Å². The van der Waals surface area contributed by atoms with Crippen molar-refractivity contribution >= 4 is 58.0 Å². The van der Waals surface area contributed by atoms with Gasteiger partial charge in [0.2, 0.25) is 0 Å². The fourth-order valence-electron chi connectivity index (χ4n) is 3.39. The van der Waals surface area contributed by atoms with Crippen LogP contribution in [0.5, 0.6) is 0 Å². The molecular weight excluding hydrogens is 525 g/mol. The fraction of sp³-hybridized carbons (Fsp3) is 0.0417. The minimum atomic E-state index is -4.67. The van der Waals surface area contributed by atoms with E-state index in [2.05, 4.69) is 10.6 Å². The van der Waals surface area contributed by atoms with Crippen molar-refractivity contribution in [3.63, 3.8) is 0 Å². The van der Waals surface area contributed by atoms with Crippen molar-refractivity contribution in [1.82, 2.24) is 0 Å². The Labute approximate surface area is 211 Å². The highest BCUT2D eigenvalue weighted by Crippen LogP contribution is 2.35. The Hall–Kier alpha value is -3.89. The number of para-hydroxylation sites is 1. The molecule has 0 fully saturated rings. The van der Waals surface area contributed by atoms with Gasteiger partial charge < -0.3 is 10.6 Å². The third-order valence-corrected chi connectivity index (χ3v) is 5.70. The quantitative estimate of drug-likeness (QED) is 0.300. The smallest absolute Gasteiger partial charge is 0.350 e. The third kappa shape index (κ3) is 4.91. The van der Waals surface area contributed by atoms with Crippen molar-refractivity contribution in [2.45, 2.75) is 6.18 Å². The maximum absolute atomic E-state index is 13.5. The van der Waals surface area contributed by atoms with Crippen LogP contribution in [0.1, 0.15) is 15.9 Å². The van der Waals surface area contributed by atoms with Gasteiger partial charge in [0, 0.05) is 11.3 Å². The summed E-state index contributed by atoms with van der Waals surface area (Å²) in [7, 11) is 0. The number of nitrogens with one attached hydrogen (secondary N) is 2. The second-order valence-corrected chi connectivity index (χ2v) is 8.22. The van der Waals surface area contributed by atoms with Crippen LogP contribution >= 0.6 is 23.2 Å². The van der Waals surface area contributed by atoms with Gasteiger partial charge in [-0.3, -0.25) is 14.4 Å². The van der Waals surface area contributed by atoms with Gasteiger partial charge in [-0.15, -0.1) is 0 Å². The van der Waals surface area contributed by atoms with Crippen LogP contribution in [-0.2, 0) is 15.8 Å². The number of benzene rings is 3. The van der Waals surface area contributed by atoms with Gasteiger partial charge in [0.25, 0.3) is 17.7 Å². The predicted molar refractivity (Wildman–Crippen MR) is 126 cm³/mol. The van der Waals surface area contributed by atoms with Crippen LogP contribution in [0, 0.1) is 5.82 Å². The van der Waals surface area contributed by atoms with Crippen LogP contribution in [0.3, 0.4) is 0 Å². The molecule has 0 radical (unpaired) electrons. The zero-order valence-corrected chi connectivity index (χ0v) is 19.3. The lowest BCUT2D eigenvalue weighted by atomic mass is 10.1. The third-order valence-electron chi connectivity index (χ3n) is 5.06. The number of carbonyl (C=O) groups is 3. The molecule has 3 amide bonds. The standard InChI is InChI=1S/C24H13Cl2F4N3O3/c25-16-11-14(8-9-17(16)27)33-22(35)19(26)20(23(33)36)31-13-5-3-4-12(10-13)21(34)32-18-7-2-1-6-15(18)24(28,29)30/h1-11,31H,(H,32,34). The van der Waals surface area contributed by atoms with Gasteiger partial charge in [-0.2, -0.15) is 13.2 Å². The summed E-state index contributed by atoms with van der Waals surface area (Å²) < 4.78 is 53.2. The lowest BCUT2D eigenvalue weighted by molar-refractivity contribution is -0.137. The average Bonchev–Trinajstić information content (AvgIpc) is 3.04. The molecule has 1 aliphatic rings. The summed E-state index contributed by atoms with van der Waals surface area (Å²) in [4.78, 5) is 38.8. The van der Waals surface area contributed by atoms with Crippen LogP contribution in [0.2, 0.25) is 5.02 Å². The number of hydrogen-bond donors (Lipinski definition) is 2. The first-order valence-corrected chi connectivity index (χ1v) is 10.8. The number of carbonyl (C=O) groups excluding carboxylic acids is 3. The number of halogens is 6. The zero-order valence-electron chi connectivity index (χ0n) is 17.8. The number of nitrogens with zero attached hydrogens (tertiary/aromatic N) is 1. The number of hydrogen-bond acceptors (Lipinski definition) is 4. The predicted octanol–water partition coefficient (Wildman–Crippen LogP) is 6.19. The van der Waals surface area contributed by atoms with Crippen molar-refractivity contribution < 1.29 is 31.9 Å². The van der Waals surface area contributed by atoms with E-state index in [0.717, 1.165) is 24.3 Å². The summed E-state index contributed by atoms with van der Waals surface area (Å²) in [6.45, 7) is 0. The molecule has 0 saturated carbocycles. The molecule has 184 valence electrons. The average molecular weight is 538 g/mol. The van der Waals surface area contributed by atoms with Gasteiger partial charge in [-0.1, -0.05) is 41.4 Å². The minimum absolute atomic E-state index is 0.0113. The molecule has 2 N–H and O–H groups in total. The number of anilines is 3. The number of imide groups is 1. The van der Waals surface area contributed by atoms with E-state index in [1.54, 1.807) is 0 Å². The first kappa shape index (κ1) is 25.2. The van der Waals surface area contributed by atoms with Gasteiger partial charge in [0.1, 0.15) is 16.5 Å². The first-order valence-electron chi connectivity index (χ1n) is 10.1. The number of alkyl halides is 3. The minimum Gasteiger partial charge on any atom is -0.350 e. The molecule has 3 aromatic rings. The van der Waals surface area contributed by atoms with E-state index in [1.165, 1.54) is 42.5 Å². The Morgan fingerprint density at radius 2 is 1.61 bits per heavy atom. The molecule has 0 unspecified atom stereocenters. The highest BCUT2D eigenvalue weighted by molar-refractivity contribution is 6.53. The van der Waals surface area contributed by atoms with Gasteiger partial charge in [-0.05, 0) is 48.5 Å². The summed E-state index contributed by atoms with van der Waals surface area (Å²) in [5.41, 5.74) is -1.65. The highest BCUT2D eigenvalue weighted by Gasteiger charge is 2.39. The molecule has 12 heteroatoms. The van der Waals surface area contributed by atoms with Crippen molar-refractivity contribution in [2.24, 2.45) is 0 Å². The molecule has 3 aromatic carbocycles. The molecule has 0 aliphatic carbocycles. The van der Waals surface area contributed by atoms with E-state index in [1.807, 2.05) is 0 Å². The molecule has 6 nitrogen and oxygen atoms in total. The SMILES string of the molecule is O=C(Nc1ccccc1C(F)(F)F)c1cccc(NC2=C(Cl)C(=O)N(c3ccc(F)c(Cl)c3)C2=O)c1. The monoisotopic (exact) mass is 537 g/mol. The van der Waals surface area contributed by atoms with Crippen molar-refractivity contribution in [2.75, 3.05) is 15.5 Å². The van der Waals surface area contributed by atoms with E-state index >= 15 is 0 Å². The summed E-state index contributed by atoms with van der Waals surface area (Å²) >= 11 is 11.8. The molecule has 0 spiro atoms. The van der Waals surface area contributed by atoms with E-state index in [-0.39, 0.29) is 27.7 Å². The Morgan fingerprint density at radius 1 is 0.889 bits per heavy atom. The van der Waals surface area contributed by atoms with Crippen molar-refractivity contribution in [3.8, 4) is 0 Å². The largest absolute Gasteiger partial charge is 0.418 e. The van der Waals surface area contributed by atoms with Crippen LogP contribution in [0.4, 0.5) is 34.6 Å². The second-order valence-electron chi connectivity index (χ2n) is 7.44. The van der Waals surface area contributed by atoms with Crippen LogP contribution < -0.4 is 15.5 Å². The van der Waals surface area contributed by atoms with E-state index < -0.39 is 46.0 Å². The number of amides is 3. The summed E-state index contributed by atoms with van der Waals surface area (Å²) in [6.07, 6.45) is -4.67. The Bertz CT molecular complexity index is 1440. The molecule has 0 aromatic heterocycles. The van der Waals surface area contributed by atoms with E-state index in [4.69, 9.17) is 23.2 Å². The Balaban J connectivity index is 1.56. The van der Waals surface area contributed by atoms with Crippen molar-refractivity contribution in [3.05, 3.63) is 99.4 Å². The van der Waals surface area contributed by atoms with Gasteiger partial charge >= 0.3 is 6.18 Å². The fourth-order valence-corrected chi connectivity index (χ4v) is 3.77. The summed E-state index contributed by atoms with van der Waals surface area (Å²) in [6, 6.07) is 13.2. The van der Waals surface area contributed by atoms with Crippen LogP contribution in [0.25, 0.3) is 0 Å². The second kappa shape index (κ2) is 9.63. The molecule has 0 saturated heterocycles. The van der Waals surface area contributed by atoms with Crippen molar-refractivity contribution in [1.29, 1.82) is 0 Å². The normalized spacial score (nSPS) is 13.9. The molecule has 0 atom stereocenters. The first-order chi connectivity index (χ1) is 17.0. The maximum Gasteiger partial charge on any atom is 0.418 e. The maximum atomic E-state index is 13.5. The zero-order chi connectivity index (χ0) is 26.2. The molecule has 0 bridgehead atoms. The molecule has 1 aliphatic heterocycles. The topological polar surface area (TPSA) is 78.5 Å². The Kier molecular flexibility index (Phi) is 6.75. The van der Waals surface area contributed by atoms with E-state index in [9.17, 15) is 31.9 Å².